The van der Waals surface area contributed by atoms with Crippen LogP contribution in [0, 0.1) is 0 Å². The number of rotatable bonds is 4. The van der Waals surface area contributed by atoms with Crippen molar-refractivity contribution in [2.45, 2.75) is 11.3 Å². The van der Waals surface area contributed by atoms with Crippen LogP contribution in [0.5, 0.6) is 0 Å². The van der Waals surface area contributed by atoms with Crippen molar-refractivity contribution < 1.29 is 17.6 Å². The lowest BCUT2D eigenvalue weighted by Gasteiger charge is -2.21. The van der Waals surface area contributed by atoms with Crippen molar-refractivity contribution in [1.82, 2.24) is 9.97 Å². The summed E-state index contributed by atoms with van der Waals surface area (Å²) in [6, 6.07) is 17.5. The first-order valence-corrected chi connectivity index (χ1v) is 7.62. The highest BCUT2D eigenvalue weighted by atomic mass is 35.5. The maximum atomic E-state index is 14.1. The number of nitrogens with zero attached hydrogens (tertiary/aromatic N) is 2. The first kappa shape index (κ1) is 17.4. The third-order valence-electron chi connectivity index (χ3n) is 3.51. The Balaban J connectivity index is 2.23. The third kappa shape index (κ3) is 3.49. The molecule has 0 atom stereocenters. The van der Waals surface area contributed by atoms with E-state index in [2.05, 4.69) is 21.6 Å². The van der Waals surface area contributed by atoms with Gasteiger partial charge in [0.25, 0.3) is 0 Å². The van der Waals surface area contributed by atoms with Crippen LogP contribution in [-0.2, 0) is 5.92 Å². The molecule has 7 heteroatoms. The van der Waals surface area contributed by atoms with Crippen LogP contribution in [0.1, 0.15) is 5.69 Å². The summed E-state index contributed by atoms with van der Waals surface area (Å²) in [5, 5.41) is -4.77. The van der Waals surface area contributed by atoms with E-state index in [9.17, 15) is 17.6 Å². The van der Waals surface area contributed by atoms with Crippen LogP contribution in [0.2, 0.25) is 0 Å². The number of alkyl halides is 5. The van der Waals surface area contributed by atoms with E-state index in [0.717, 1.165) is 6.07 Å². The number of hydrogen-bond donors (Lipinski definition) is 0. The molecule has 0 spiro atoms. The maximum absolute atomic E-state index is 14.1. The van der Waals surface area contributed by atoms with Crippen molar-refractivity contribution in [3.63, 3.8) is 0 Å². The van der Waals surface area contributed by atoms with Gasteiger partial charge in [0.15, 0.2) is 5.82 Å². The highest BCUT2D eigenvalue weighted by Gasteiger charge is 2.57. The Kier molecular flexibility index (Phi) is 4.47. The van der Waals surface area contributed by atoms with Crippen molar-refractivity contribution >= 4 is 11.6 Å². The molecule has 0 aliphatic heterocycles. The molecule has 0 N–H and O–H groups in total. The van der Waals surface area contributed by atoms with Crippen LogP contribution >= 0.6 is 11.6 Å². The Morgan fingerprint density at radius 2 is 1.24 bits per heavy atom. The van der Waals surface area contributed by atoms with Gasteiger partial charge in [-0.15, -0.1) is 0 Å². The summed E-state index contributed by atoms with van der Waals surface area (Å²) in [7, 11) is 0. The van der Waals surface area contributed by atoms with Gasteiger partial charge in [0.1, 0.15) is 5.69 Å². The molecule has 1 aromatic heterocycles. The van der Waals surface area contributed by atoms with Gasteiger partial charge < -0.3 is 0 Å². The quantitative estimate of drug-likeness (QED) is 0.435. The smallest absolute Gasteiger partial charge is 0.228 e. The topological polar surface area (TPSA) is 25.8 Å². The van der Waals surface area contributed by atoms with Gasteiger partial charge in [-0.2, -0.15) is 17.6 Å². The molecule has 0 amide bonds. The summed E-state index contributed by atoms with van der Waals surface area (Å²) >= 11 is 4.61. The van der Waals surface area contributed by atoms with Gasteiger partial charge >= 0.3 is 11.3 Å². The van der Waals surface area contributed by atoms with Crippen LogP contribution in [0.3, 0.4) is 0 Å². The van der Waals surface area contributed by atoms with Gasteiger partial charge in [0, 0.05) is 11.1 Å². The highest BCUT2D eigenvalue weighted by Crippen LogP contribution is 2.45. The van der Waals surface area contributed by atoms with Crippen LogP contribution in [0.4, 0.5) is 17.6 Å². The first-order chi connectivity index (χ1) is 11.8. The van der Waals surface area contributed by atoms with Gasteiger partial charge in [-0.3, -0.25) is 0 Å². The zero-order valence-electron chi connectivity index (χ0n) is 12.6. The minimum Gasteiger partial charge on any atom is -0.228 e. The van der Waals surface area contributed by atoms with Gasteiger partial charge in [-0.1, -0.05) is 60.7 Å². The number of halogens is 5. The predicted octanol–water partition coefficient (Wildman–Crippen LogP) is 5.73. The highest BCUT2D eigenvalue weighted by molar-refractivity contribution is 6.22. The molecule has 128 valence electrons. The molecular formula is C18H11ClF4N2. The van der Waals surface area contributed by atoms with Gasteiger partial charge in [-0.25, -0.2) is 9.97 Å². The number of hydrogen-bond acceptors (Lipinski definition) is 2. The van der Waals surface area contributed by atoms with Crippen molar-refractivity contribution in [2.24, 2.45) is 0 Å². The van der Waals surface area contributed by atoms with Crippen LogP contribution in [0.25, 0.3) is 22.6 Å². The summed E-state index contributed by atoms with van der Waals surface area (Å²) in [5.41, 5.74) is -0.113. The van der Waals surface area contributed by atoms with Crippen molar-refractivity contribution in [3.05, 3.63) is 72.4 Å². The average Bonchev–Trinajstić information content (AvgIpc) is 2.62. The monoisotopic (exact) mass is 366 g/mol. The van der Waals surface area contributed by atoms with Gasteiger partial charge in [0.05, 0.1) is 5.69 Å². The fourth-order valence-corrected chi connectivity index (χ4v) is 2.32. The van der Waals surface area contributed by atoms with Crippen molar-refractivity contribution in [3.8, 4) is 22.6 Å². The molecule has 0 bridgehead atoms. The van der Waals surface area contributed by atoms with E-state index in [1.807, 2.05) is 0 Å². The summed E-state index contributed by atoms with van der Waals surface area (Å²) in [5.74, 6) is -4.73. The molecule has 2 nitrogen and oxygen atoms in total. The summed E-state index contributed by atoms with van der Waals surface area (Å²) < 4.78 is 54.6. The first-order valence-electron chi connectivity index (χ1n) is 7.24. The molecule has 0 radical (unpaired) electrons. The minimum absolute atomic E-state index is 0.0856. The summed E-state index contributed by atoms with van der Waals surface area (Å²) in [4.78, 5) is 7.88. The molecule has 0 saturated carbocycles. The van der Waals surface area contributed by atoms with Crippen molar-refractivity contribution in [1.29, 1.82) is 0 Å². The molecule has 2 aromatic carbocycles. The van der Waals surface area contributed by atoms with E-state index in [1.165, 1.54) is 0 Å². The van der Waals surface area contributed by atoms with E-state index >= 15 is 0 Å². The van der Waals surface area contributed by atoms with E-state index in [1.54, 1.807) is 60.7 Å². The largest absolute Gasteiger partial charge is 0.390 e. The second-order valence-electron chi connectivity index (χ2n) is 5.27. The van der Waals surface area contributed by atoms with Gasteiger partial charge in [0.2, 0.25) is 0 Å². The summed E-state index contributed by atoms with van der Waals surface area (Å²) in [6.07, 6.45) is 0. The standard InChI is InChI=1S/C18H11ClF4N2/c19-18(22,23)17(20,21)15-11-14(12-7-3-1-4-8-12)24-16(25-15)13-9-5-2-6-10-13/h1-11H. The second kappa shape index (κ2) is 6.44. The van der Waals surface area contributed by atoms with E-state index in [4.69, 9.17) is 0 Å². The zero-order valence-corrected chi connectivity index (χ0v) is 13.4. The predicted molar refractivity (Wildman–Crippen MR) is 87.6 cm³/mol. The number of benzene rings is 2. The van der Waals surface area contributed by atoms with E-state index < -0.39 is 17.0 Å². The Hall–Kier alpha value is -2.47. The van der Waals surface area contributed by atoms with E-state index in [0.29, 0.717) is 11.1 Å². The molecule has 0 aliphatic rings. The van der Waals surface area contributed by atoms with Crippen molar-refractivity contribution in [2.75, 3.05) is 0 Å². The van der Waals surface area contributed by atoms with Gasteiger partial charge in [-0.05, 0) is 17.7 Å². The van der Waals surface area contributed by atoms with Crippen LogP contribution < -0.4 is 0 Å². The lowest BCUT2D eigenvalue weighted by atomic mass is 10.1. The molecule has 0 fully saturated rings. The number of aromatic nitrogens is 2. The molecule has 3 aromatic rings. The fraction of sp³-hybridized carbons (Fsp3) is 0.111. The molecule has 25 heavy (non-hydrogen) atoms. The molecule has 0 aliphatic carbocycles. The SMILES string of the molecule is FC(F)(Cl)C(F)(F)c1cc(-c2ccccc2)nc(-c2ccccc2)n1. The molecule has 1 heterocycles. The molecule has 3 rings (SSSR count). The fourth-order valence-electron chi connectivity index (χ4n) is 2.23. The molecule has 0 saturated heterocycles. The maximum Gasteiger partial charge on any atom is 0.390 e. The molecular weight excluding hydrogens is 356 g/mol. The summed E-state index contributed by atoms with van der Waals surface area (Å²) in [6.45, 7) is 0. The Bertz CT molecular complexity index is 807. The molecule has 0 unspecified atom stereocenters. The van der Waals surface area contributed by atoms with Crippen LogP contribution in [-0.4, -0.2) is 15.3 Å². The van der Waals surface area contributed by atoms with E-state index in [-0.39, 0.29) is 11.5 Å². The average molecular weight is 367 g/mol. The zero-order chi connectivity index (χ0) is 18.1. The lowest BCUT2D eigenvalue weighted by molar-refractivity contribution is -0.166. The minimum atomic E-state index is -4.77. The Morgan fingerprint density at radius 1 is 0.720 bits per heavy atom. The normalized spacial score (nSPS) is 12.2. The third-order valence-corrected chi connectivity index (χ3v) is 3.74. The Morgan fingerprint density at radius 3 is 1.76 bits per heavy atom. The van der Waals surface area contributed by atoms with Crippen LogP contribution in [0.15, 0.2) is 66.7 Å². The Labute approximate surface area is 146 Å². The second-order valence-corrected chi connectivity index (χ2v) is 5.74. The lowest BCUT2D eigenvalue weighted by Crippen LogP contribution is -2.33.